The number of carboxylic acids is 2. The monoisotopic (exact) mass is 360 g/mol. The number of aryl methyl sites for hydroxylation is 1. The number of nitrogens with one attached hydrogen (secondary N) is 1. The Balaban J connectivity index is 2.09. The molecule has 138 valence electrons. The number of hydrogen-bond acceptors (Lipinski definition) is 5. The lowest BCUT2D eigenvalue weighted by Crippen LogP contribution is -2.14. The number of esters is 1. The number of hydrogen-bond donors (Lipinski definition) is 3. The SMILES string of the molecule is CCCc1nc(C(=O)O)c(C(C)COC(=O)c2cccc(C(=O)O)c2)[nH]1. The Labute approximate surface area is 149 Å². The minimum absolute atomic E-state index is 0.0153. The second-order valence-corrected chi connectivity index (χ2v) is 5.89. The smallest absolute Gasteiger partial charge is 0.356 e. The molecule has 0 aliphatic heterocycles. The normalized spacial score (nSPS) is 11.8. The van der Waals surface area contributed by atoms with Crippen LogP contribution in [-0.4, -0.2) is 44.7 Å². The van der Waals surface area contributed by atoms with Crippen LogP contribution in [0.5, 0.6) is 0 Å². The lowest BCUT2D eigenvalue weighted by molar-refractivity contribution is 0.0483. The molecule has 1 heterocycles. The van der Waals surface area contributed by atoms with Gasteiger partial charge in [0.05, 0.1) is 23.4 Å². The molecule has 3 N–H and O–H groups in total. The summed E-state index contributed by atoms with van der Waals surface area (Å²) in [5.74, 6) is -2.80. The highest BCUT2D eigenvalue weighted by molar-refractivity contribution is 5.94. The van der Waals surface area contributed by atoms with Crippen LogP contribution in [0.25, 0.3) is 0 Å². The van der Waals surface area contributed by atoms with Crippen LogP contribution in [0, 0.1) is 0 Å². The van der Waals surface area contributed by atoms with Crippen molar-refractivity contribution in [2.24, 2.45) is 0 Å². The number of imidazole rings is 1. The molecule has 0 amide bonds. The molecular formula is C18H20N2O6. The number of aromatic amines is 1. The first kappa shape index (κ1) is 19.2. The Bertz CT molecular complexity index is 827. The Morgan fingerprint density at radius 3 is 2.50 bits per heavy atom. The van der Waals surface area contributed by atoms with Crippen molar-refractivity contribution in [2.75, 3.05) is 6.61 Å². The summed E-state index contributed by atoms with van der Waals surface area (Å²) in [6.07, 6.45) is 1.43. The Morgan fingerprint density at radius 1 is 1.19 bits per heavy atom. The number of rotatable bonds is 8. The van der Waals surface area contributed by atoms with Gasteiger partial charge in [-0.25, -0.2) is 19.4 Å². The van der Waals surface area contributed by atoms with E-state index in [1.54, 1.807) is 6.92 Å². The first-order valence-electron chi connectivity index (χ1n) is 8.16. The van der Waals surface area contributed by atoms with E-state index in [0.717, 1.165) is 6.42 Å². The number of carboxylic acid groups (broad SMARTS) is 2. The third kappa shape index (κ3) is 4.47. The molecule has 26 heavy (non-hydrogen) atoms. The van der Waals surface area contributed by atoms with Gasteiger partial charge in [0.1, 0.15) is 5.82 Å². The number of carbonyl (C=O) groups excluding carboxylic acids is 1. The molecule has 1 unspecified atom stereocenters. The van der Waals surface area contributed by atoms with Crippen LogP contribution in [0.3, 0.4) is 0 Å². The van der Waals surface area contributed by atoms with Gasteiger partial charge in [-0.1, -0.05) is 19.9 Å². The van der Waals surface area contributed by atoms with Gasteiger partial charge in [-0.15, -0.1) is 0 Å². The van der Waals surface area contributed by atoms with E-state index < -0.39 is 23.8 Å². The highest BCUT2D eigenvalue weighted by Crippen LogP contribution is 2.20. The van der Waals surface area contributed by atoms with E-state index in [4.69, 9.17) is 9.84 Å². The average molecular weight is 360 g/mol. The molecule has 0 aliphatic rings. The molecule has 1 aromatic heterocycles. The van der Waals surface area contributed by atoms with E-state index in [1.165, 1.54) is 24.3 Å². The predicted octanol–water partition coefficient (Wildman–Crippen LogP) is 2.72. The van der Waals surface area contributed by atoms with Crippen LogP contribution >= 0.6 is 0 Å². The number of aromatic carboxylic acids is 2. The fourth-order valence-electron chi connectivity index (χ4n) is 2.46. The zero-order valence-corrected chi connectivity index (χ0v) is 14.5. The second kappa shape index (κ2) is 8.28. The van der Waals surface area contributed by atoms with Gasteiger partial charge in [-0.3, -0.25) is 0 Å². The molecule has 0 aliphatic carbocycles. The van der Waals surface area contributed by atoms with E-state index in [0.29, 0.717) is 17.9 Å². The first-order valence-corrected chi connectivity index (χ1v) is 8.16. The van der Waals surface area contributed by atoms with E-state index >= 15 is 0 Å². The van der Waals surface area contributed by atoms with Crippen LogP contribution in [-0.2, 0) is 11.2 Å². The summed E-state index contributed by atoms with van der Waals surface area (Å²) in [7, 11) is 0. The summed E-state index contributed by atoms with van der Waals surface area (Å²) in [5, 5.41) is 18.3. The van der Waals surface area contributed by atoms with Gasteiger partial charge in [0.15, 0.2) is 5.69 Å². The number of ether oxygens (including phenoxy) is 1. The van der Waals surface area contributed by atoms with E-state index in [1.807, 2.05) is 6.92 Å². The molecule has 8 heteroatoms. The zero-order chi connectivity index (χ0) is 19.3. The third-order valence-corrected chi connectivity index (χ3v) is 3.77. The van der Waals surface area contributed by atoms with Gasteiger partial charge in [-0.05, 0) is 24.6 Å². The number of nitrogens with zero attached hydrogens (tertiary/aromatic N) is 1. The molecule has 0 radical (unpaired) electrons. The number of aromatic nitrogens is 2. The van der Waals surface area contributed by atoms with Crippen molar-refractivity contribution in [3.05, 3.63) is 52.6 Å². The molecule has 0 fully saturated rings. The Morgan fingerprint density at radius 2 is 1.88 bits per heavy atom. The molecule has 2 aromatic rings. The molecule has 0 saturated carbocycles. The maximum Gasteiger partial charge on any atom is 0.356 e. The van der Waals surface area contributed by atoms with Gasteiger partial charge in [0.25, 0.3) is 0 Å². The second-order valence-electron chi connectivity index (χ2n) is 5.89. The van der Waals surface area contributed by atoms with Crippen molar-refractivity contribution in [1.29, 1.82) is 0 Å². The Kier molecular flexibility index (Phi) is 6.11. The highest BCUT2D eigenvalue weighted by atomic mass is 16.5. The fourth-order valence-corrected chi connectivity index (χ4v) is 2.46. The molecule has 1 atom stereocenters. The van der Waals surface area contributed by atoms with Crippen molar-refractivity contribution >= 4 is 17.9 Å². The van der Waals surface area contributed by atoms with Crippen LogP contribution in [0.15, 0.2) is 24.3 Å². The van der Waals surface area contributed by atoms with E-state index in [-0.39, 0.29) is 23.4 Å². The molecule has 0 spiro atoms. The topological polar surface area (TPSA) is 130 Å². The predicted molar refractivity (Wildman–Crippen MR) is 91.6 cm³/mol. The molecule has 1 aromatic carbocycles. The van der Waals surface area contributed by atoms with E-state index in [2.05, 4.69) is 9.97 Å². The summed E-state index contributed by atoms with van der Waals surface area (Å²) >= 11 is 0. The lowest BCUT2D eigenvalue weighted by atomic mass is 10.1. The number of H-pyrrole nitrogens is 1. The Hall–Kier alpha value is -3.16. The summed E-state index contributed by atoms with van der Waals surface area (Å²) < 4.78 is 5.21. The van der Waals surface area contributed by atoms with Crippen molar-refractivity contribution in [1.82, 2.24) is 9.97 Å². The van der Waals surface area contributed by atoms with Crippen molar-refractivity contribution in [3.8, 4) is 0 Å². The molecule has 8 nitrogen and oxygen atoms in total. The first-order chi connectivity index (χ1) is 12.3. The van der Waals surface area contributed by atoms with Gasteiger partial charge in [0, 0.05) is 12.3 Å². The highest BCUT2D eigenvalue weighted by Gasteiger charge is 2.22. The fraction of sp³-hybridized carbons (Fsp3) is 0.333. The summed E-state index contributed by atoms with van der Waals surface area (Å²) in [5.41, 5.74) is 0.420. The summed E-state index contributed by atoms with van der Waals surface area (Å²) in [6.45, 7) is 3.61. The summed E-state index contributed by atoms with van der Waals surface area (Å²) in [4.78, 5) is 41.5. The molecule has 2 rings (SSSR count). The van der Waals surface area contributed by atoms with Crippen LogP contribution < -0.4 is 0 Å². The van der Waals surface area contributed by atoms with Crippen molar-refractivity contribution in [3.63, 3.8) is 0 Å². The standard InChI is InChI=1S/C18H20N2O6/c1-3-5-13-19-14(15(20-13)17(23)24)10(2)9-26-18(25)12-7-4-6-11(8-12)16(21)22/h4,6-8,10H,3,5,9H2,1-2H3,(H,19,20)(H,21,22)(H,23,24). The minimum atomic E-state index is -1.15. The zero-order valence-electron chi connectivity index (χ0n) is 14.5. The van der Waals surface area contributed by atoms with Gasteiger partial charge in [-0.2, -0.15) is 0 Å². The third-order valence-electron chi connectivity index (χ3n) is 3.77. The molecular weight excluding hydrogens is 340 g/mol. The lowest BCUT2D eigenvalue weighted by Gasteiger charge is -2.12. The quantitative estimate of drug-likeness (QED) is 0.617. The van der Waals surface area contributed by atoms with Crippen molar-refractivity contribution < 1.29 is 29.3 Å². The molecule has 0 bridgehead atoms. The minimum Gasteiger partial charge on any atom is -0.478 e. The molecule has 0 saturated heterocycles. The van der Waals surface area contributed by atoms with Crippen molar-refractivity contribution in [2.45, 2.75) is 32.6 Å². The van der Waals surface area contributed by atoms with Gasteiger partial charge >= 0.3 is 17.9 Å². The average Bonchev–Trinajstić information content (AvgIpc) is 3.04. The summed E-state index contributed by atoms with van der Waals surface area (Å²) in [6, 6.07) is 5.52. The van der Waals surface area contributed by atoms with Crippen LogP contribution in [0.4, 0.5) is 0 Å². The van der Waals surface area contributed by atoms with Gasteiger partial charge < -0.3 is 19.9 Å². The maximum absolute atomic E-state index is 12.1. The van der Waals surface area contributed by atoms with Gasteiger partial charge in [0.2, 0.25) is 0 Å². The van der Waals surface area contributed by atoms with Crippen LogP contribution in [0.2, 0.25) is 0 Å². The largest absolute Gasteiger partial charge is 0.478 e. The maximum atomic E-state index is 12.1. The number of carbonyl (C=O) groups is 3. The number of benzene rings is 1. The van der Waals surface area contributed by atoms with E-state index in [9.17, 15) is 19.5 Å². The van der Waals surface area contributed by atoms with Crippen LogP contribution in [0.1, 0.15) is 68.9 Å².